The van der Waals surface area contributed by atoms with Crippen molar-refractivity contribution in [1.29, 1.82) is 0 Å². The molecule has 1 aliphatic rings. The van der Waals surface area contributed by atoms with E-state index in [1.54, 1.807) is 0 Å². The molecule has 3 rings (SSSR count). The summed E-state index contributed by atoms with van der Waals surface area (Å²) in [7, 11) is 3.40. The molecule has 2 N–H and O–H groups in total. The van der Waals surface area contributed by atoms with Gasteiger partial charge in [-0.3, -0.25) is 4.90 Å². The van der Waals surface area contributed by atoms with Crippen molar-refractivity contribution in [3.05, 3.63) is 41.7 Å². The normalized spacial score (nSPS) is 18.4. The number of halogens is 1. The number of nitrogens with zero attached hydrogens (tertiary/aromatic N) is 3. The van der Waals surface area contributed by atoms with Crippen molar-refractivity contribution in [1.82, 2.24) is 24.8 Å². The number of nitrogens with one attached hydrogen (secondary N) is 2. The van der Waals surface area contributed by atoms with Gasteiger partial charge < -0.3 is 19.6 Å². The lowest BCUT2D eigenvalue weighted by Crippen LogP contribution is -2.46. The van der Waals surface area contributed by atoms with Crippen molar-refractivity contribution >= 4 is 18.4 Å². The molecular formula is C15H22ClN5O2. The highest BCUT2D eigenvalue weighted by Crippen LogP contribution is 2.22. The maximum Gasteiger partial charge on any atom is 0.354 e. The zero-order valence-corrected chi connectivity index (χ0v) is 14.1. The van der Waals surface area contributed by atoms with Gasteiger partial charge in [0.15, 0.2) is 0 Å². The van der Waals surface area contributed by atoms with Crippen LogP contribution in [0.3, 0.4) is 0 Å². The molecule has 1 aliphatic heterocycles. The minimum atomic E-state index is -0.341. The fourth-order valence-corrected chi connectivity index (χ4v) is 2.88. The highest BCUT2D eigenvalue weighted by molar-refractivity contribution is 5.87. The summed E-state index contributed by atoms with van der Waals surface area (Å²) in [5.74, 6) is 0.711. The van der Waals surface area contributed by atoms with Crippen LogP contribution in [0.5, 0.6) is 0 Å². The fourth-order valence-electron chi connectivity index (χ4n) is 2.88. The molecule has 2 aromatic rings. The summed E-state index contributed by atoms with van der Waals surface area (Å²) >= 11 is 0. The zero-order valence-electron chi connectivity index (χ0n) is 13.3. The molecular weight excluding hydrogens is 318 g/mol. The van der Waals surface area contributed by atoms with Crippen LogP contribution in [0.15, 0.2) is 24.7 Å². The average molecular weight is 340 g/mol. The molecule has 8 heteroatoms. The first-order valence-electron chi connectivity index (χ1n) is 7.36. The molecule has 7 nitrogen and oxygen atoms in total. The van der Waals surface area contributed by atoms with E-state index in [0.29, 0.717) is 5.69 Å². The molecule has 1 unspecified atom stereocenters. The SMILES string of the molecule is COC(=O)c1cc(CN2CCNCC2c2nccn2C)c[nH]1.Cl. The van der Waals surface area contributed by atoms with Gasteiger partial charge in [0.05, 0.1) is 13.2 Å². The Balaban J connectivity index is 0.00000192. The second kappa shape index (κ2) is 7.63. The van der Waals surface area contributed by atoms with E-state index < -0.39 is 0 Å². The van der Waals surface area contributed by atoms with Gasteiger partial charge in [0.1, 0.15) is 11.5 Å². The number of ether oxygens (including phenoxy) is 1. The number of rotatable bonds is 4. The summed E-state index contributed by atoms with van der Waals surface area (Å²) in [5, 5.41) is 3.42. The Morgan fingerprint density at radius 3 is 3.04 bits per heavy atom. The molecule has 23 heavy (non-hydrogen) atoms. The number of aryl methyl sites for hydroxylation is 1. The van der Waals surface area contributed by atoms with Crippen LogP contribution in [0.4, 0.5) is 0 Å². The molecule has 0 spiro atoms. The van der Waals surface area contributed by atoms with Gasteiger partial charge in [-0.1, -0.05) is 0 Å². The van der Waals surface area contributed by atoms with Crippen molar-refractivity contribution in [2.24, 2.45) is 7.05 Å². The predicted octanol–water partition coefficient (Wildman–Crippen LogP) is 1.10. The number of aromatic nitrogens is 3. The molecule has 2 aromatic heterocycles. The number of carbonyl (C=O) groups excluding carboxylic acids is 1. The van der Waals surface area contributed by atoms with Crippen LogP contribution < -0.4 is 5.32 Å². The highest BCUT2D eigenvalue weighted by atomic mass is 35.5. The molecule has 3 heterocycles. The Hall–Kier alpha value is -1.83. The second-order valence-corrected chi connectivity index (χ2v) is 5.50. The Bertz CT molecular complexity index is 654. The lowest BCUT2D eigenvalue weighted by atomic mass is 10.1. The molecule has 0 aromatic carbocycles. The number of carbonyl (C=O) groups is 1. The number of methoxy groups -OCH3 is 1. The van der Waals surface area contributed by atoms with Crippen molar-refractivity contribution in [2.45, 2.75) is 12.6 Å². The van der Waals surface area contributed by atoms with Crippen LogP contribution in [0.1, 0.15) is 27.9 Å². The summed E-state index contributed by atoms with van der Waals surface area (Å²) in [6, 6.07) is 2.08. The van der Waals surface area contributed by atoms with Gasteiger partial charge in [0.25, 0.3) is 0 Å². The molecule has 0 radical (unpaired) electrons. The predicted molar refractivity (Wildman–Crippen MR) is 88.6 cm³/mol. The third-order valence-corrected chi connectivity index (χ3v) is 4.04. The van der Waals surface area contributed by atoms with E-state index in [0.717, 1.165) is 37.6 Å². The van der Waals surface area contributed by atoms with Gasteiger partial charge in [0, 0.05) is 51.8 Å². The van der Waals surface area contributed by atoms with Gasteiger partial charge in [-0.25, -0.2) is 9.78 Å². The number of H-pyrrole nitrogens is 1. The van der Waals surface area contributed by atoms with Crippen molar-refractivity contribution < 1.29 is 9.53 Å². The topological polar surface area (TPSA) is 75.2 Å². The van der Waals surface area contributed by atoms with Crippen LogP contribution in [0, 0.1) is 0 Å². The first kappa shape index (κ1) is 17.5. The lowest BCUT2D eigenvalue weighted by Gasteiger charge is -2.35. The van der Waals surface area contributed by atoms with Crippen LogP contribution in [0.25, 0.3) is 0 Å². The highest BCUT2D eigenvalue weighted by Gasteiger charge is 2.27. The first-order valence-corrected chi connectivity index (χ1v) is 7.36. The number of aromatic amines is 1. The Kier molecular flexibility index (Phi) is 5.81. The van der Waals surface area contributed by atoms with Gasteiger partial charge in [-0.2, -0.15) is 0 Å². The standard InChI is InChI=1S/C15H21N5O2.ClH/c1-19-5-4-17-14(19)13-9-16-3-6-20(13)10-11-7-12(18-8-11)15(21)22-2;/h4-5,7-8,13,16,18H,3,6,9-10H2,1-2H3;1H. The van der Waals surface area contributed by atoms with Crippen LogP contribution >= 0.6 is 12.4 Å². The van der Waals surface area contributed by atoms with E-state index in [1.807, 2.05) is 31.7 Å². The van der Waals surface area contributed by atoms with E-state index in [4.69, 9.17) is 4.74 Å². The van der Waals surface area contributed by atoms with E-state index >= 15 is 0 Å². The Labute approximate surface area is 141 Å². The van der Waals surface area contributed by atoms with Gasteiger partial charge in [-0.05, 0) is 11.6 Å². The van der Waals surface area contributed by atoms with Crippen molar-refractivity contribution in [2.75, 3.05) is 26.7 Å². The third-order valence-electron chi connectivity index (χ3n) is 4.04. The van der Waals surface area contributed by atoms with Crippen molar-refractivity contribution in [3.63, 3.8) is 0 Å². The quantitative estimate of drug-likeness (QED) is 0.816. The minimum Gasteiger partial charge on any atom is -0.464 e. The molecule has 0 bridgehead atoms. The van der Waals surface area contributed by atoms with Gasteiger partial charge in [-0.15, -0.1) is 12.4 Å². The van der Waals surface area contributed by atoms with Gasteiger partial charge >= 0.3 is 5.97 Å². The fraction of sp³-hybridized carbons (Fsp3) is 0.467. The molecule has 1 atom stereocenters. The molecule has 0 amide bonds. The number of imidazole rings is 1. The largest absolute Gasteiger partial charge is 0.464 e. The Morgan fingerprint density at radius 2 is 2.35 bits per heavy atom. The monoisotopic (exact) mass is 339 g/mol. The van der Waals surface area contributed by atoms with E-state index in [9.17, 15) is 4.79 Å². The number of hydrogen-bond acceptors (Lipinski definition) is 5. The minimum absolute atomic E-state index is 0. The smallest absolute Gasteiger partial charge is 0.354 e. The molecule has 126 valence electrons. The third kappa shape index (κ3) is 3.74. The summed E-state index contributed by atoms with van der Waals surface area (Å²) in [6.07, 6.45) is 5.66. The Morgan fingerprint density at radius 1 is 1.52 bits per heavy atom. The van der Waals surface area contributed by atoms with Gasteiger partial charge in [0.2, 0.25) is 0 Å². The average Bonchev–Trinajstić information content (AvgIpc) is 3.16. The van der Waals surface area contributed by atoms with Crippen molar-refractivity contribution in [3.8, 4) is 0 Å². The lowest BCUT2D eigenvalue weighted by molar-refractivity contribution is 0.0594. The van der Waals surface area contributed by atoms with Crippen LogP contribution in [-0.2, 0) is 18.3 Å². The maximum absolute atomic E-state index is 11.5. The summed E-state index contributed by atoms with van der Waals surface area (Å²) in [4.78, 5) is 21.3. The number of piperazine rings is 1. The molecule has 1 saturated heterocycles. The number of esters is 1. The zero-order chi connectivity index (χ0) is 15.5. The molecule has 0 aliphatic carbocycles. The van der Waals surface area contributed by atoms with E-state index in [2.05, 4.69) is 24.8 Å². The maximum atomic E-state index is 11.5. The second-order valence-electron chi connectivity index (χ2n) is 5.50. The van der Waals surface area contributed by atoms with Crippen LogP contribution in [0.2, 0.25) is 0 Å². The molecule has 1 fully saturated rings. The first-order chi connectivity index (χ1) is 10.7. The van der Waals surface area contributed by atoms with E-state index in [-0.39, 0.29) is 24.4 Å². The van der Waals surface area contributed by atoms with E-state index in [1.165, 1.54) is 7.11 Å². The van der Waals surface area contributed by atoms with Crippen LogP contribution in [-0.4, -0.2) is 52.1 Å². The summed E-state index contributed by atoms with van der Waals surface area (Å²) in [6.45, 7) is 3.54. The summed E-state index contributed by atoms with van der Waals surface area (Å²) in [5.41, 5.74) is 1.56. The summed E-state index contributed by atoms with van der Waals surface area (Å²) < 4.78 is 6.79. The molecule has 0 saturated carbocycles. The number of hydrogen-bond donors (Lipinski definition) is 2.